The van der Waals surface area contributed by atoms with Crippen molar-refractivity contribution in [1.82, 2.24) is 9.34 Å². The highest BCUT2D eigenvalue weighted by Crippen LogP contribution is 2.64. The van der Waals surface area contributed by atoms with Crippen molar-refractivity contribution in [3.05, 3.63) is 0 Å². The molecule has 4 aliphatic rings. The molecular weight excluding hydrogens is 330 g/mol. The Kier molecular flexibility index (Phi) is 5.61. The van der Waals surface area contributed by atoms with E-state index in [1.165, 1.54) is 64.5 Å². The molecule has 6 atom stereocenters. The van der Waals surface area contributed by atoms with E-state index in [2.05, 4.69) is 37.0 Å². The van der Waals surface area contributed by atoms with Gasteiger partial charge in [-0.2, -0.15) is 0 Å². The Balaban J connectivity index is 1.53. The first-order chi connectivity index (χ1) is 11.6. The summed E-state index contributed by atoms with van der Waals surface area (Å²) >= 11 is 0. The highest BCUT2D eigenvalue weighted by atomic mass is 31.1. The number of nitrogens with zero attached hydrogens (tertiary/aromatic N) is 2. The number of hydrogen-bond donors (Lipinski definition) is 0. The van der Waals surface area contributed by atoms with Gasteiger partial charge >= 0.3 is 0 Å². The van der Waals surface area contributed by atoms with Crippen molar-refractivity contribution in [1.29, 1.82) is 0 Å². The van der Waals surface area contributed by atoms with E-state index in [1.807, 2.05) is 0 Å². The lowest BCUT2D eigenvalue weighted by Crippen LogP contribution is -2.44. The van der Waals surface area contributed by atoms with Crippen molar-refractivity contribution >= 4 is 16.1 Å². The van der Waals surface area contributed by atoms with Crippen molar-refractivity contribution in [2.24, 2.45) is 0 Å². The van der Waals surface area contributed by atoms with E-state index in [0.29, 0.717) is 0 Å². The molecule has 0 saturated carbocycles. The lowest BCUT2D eigenvalue weighted by atomic mass is 10.1. The molecule has 138 valence electrons. The second kappa shape index (κ2) is 7.42. The zero-order chi connectivity index (χ0) is 16.8. The molecule has 4 saturated heterocycles. The van der Waals surface area contributed by atoms with E-state index in [9.17, 15) is 0 Å². The molecule has 0 aromatic heterocycles. The van der Waals surface area contributed by atoms with Gasteiger partial charge in [-0.1, -0.05) is 27.7 Å². The van der Waals surface area contributed by atoms with E-state index in [1.54, 1.807) is 0 Å². The van der Waals surface area contributed by atoms with Crippen LogP contribution in [0.3, 0.4) is 0 Å². The number of rotatable bonds is 3. The van der Waals surface area contributed by atoms with Gasteiger partial charge in [0.1, 0.15) is 0 Å². The van der Waals surface area contributed by atoms with Gasteiger partial charge in [0.2, 0.25) is 0 Å². The van der Waals surface area contributed by atoms with Crippen LogP contribution in [-0.4, -0.2) is 57.2 Å². The molecule has 0 N–H and O–H groups in total. The minimum absolute atomic E-state index is 0.136. The zero-order valence-electron chi connectivity index (χ0n) is 16.3. The molecule has 4 rings (SSSR count). The molecule has 4 aliphatic heterocycles. The minimum Gasteiger partial charge on any atom is -0.277 e. The quantitative estimate of drug-likeness (QED) is 0.577. The second-order valence-corrected chi connectivity index (χ2v) is 15.1. The second-order valence-electron chi connectivity index (χ2n) is 9.06. The normalized spacial score (nSPS) is 46.5. The predicted octanol–water partition coefficient (Wildman–Crippen LogP) is 5.85. The third-order valence-corrected chi connectivity index (χ3v) is 14.2. The Morgan fingerprint density at radius 1 is 0.542 bits per heavy atom. The zero-order valence-corrected chi connectivity index (χ0v) is 18.1. The van der Waals surface area contributed by atoms with Crippen LogP contribution in [0.4, 0.5) is 0 Å². The van der Waals surface area contributed by atoms with Gasteiger partial charge in [0.05, 0.1) is 0 Å². The van der Waals surface area contributed by atoms with Gasteiger partial charge < -0.3 is 0 Å². The first kappa shape index (κ1) is 18.2. The minimum atomic E-state index is 0.136. The summed E-state index contributed by atoms with van der Waals surface area (Å²) in [4.78, 5) is 0. The molecule has 0 aliphatic carbocycles. The fourth-order valence-electron chi connectivity index (χ4n) is 6.29. The Morgan fingerprint density at radius 3 is 1.21 bits per heavy atom. The molecule has 24 heavy (non-hydrogen) atoms. The maximum Gasteiger partial charge on any atom is 0.0294 e. The molecule has 0 aromatic carbocycles. The average Bonchev–Trinajstić information content (AvgIpc) is 3.29. The highest BCUT2D eigenvalue weighted by Gasteiger charge is 2.48. The van der Waals surface area contributed by atoms with Crippen LogP contribution in [0, 0.1) is 0 Å². The van der Waals surface area contributed by atoms with Crippen molar-refractivity contribution in [2.75, 3.05) is 13.1 Å². The van der Waals surface area contributed by atoms with Crippen molar-refractivity contribution in [3.8, 4) is 0 Å². The summed E-state index contributed by atoms with van der Waals surface area (Å²) < 4.78 is 6.17. The Hall–Kier alpha value is 0.780. The Labute approximate surface area is 152 Å². The summed E-state index contributed by atoms with van der Waals surface area (Å²) in [5, 5.41) is 0. The van der Waals surface area contributed by atoms with Gasteiger partial charge in [0.15, 0.2) is 0 Å². The van der Waals surface area contributed by atoms with E-state index in [-0.39, 0.29) is 16.1 Å². The molecule has 0 amide bonds. The molecule has 1 unspecified atom stereocenters. The van der Waals surface area contributed by atoms with Gasteiger partial charge in [0.25, 0.3) is 0 Å². The monoisotopic (exact) mass is 368 g/mol. The molecule has 0 radical (unpaired) electrons. The largest absolute Gasteiger partial charge is 0.277 e. The van der Waals surface area contributed by atoms with Crippen LogP contribution in [-0.2, 0) is 0 Å². The molecule has 0 aromatic rings. The summed E-state index contributed by atoms with van der Waals surface area (Å²) in [5.74, 6) is 0. The third kappa shape index (κ3) is 3.13. The lowest BCUT2D eigenvalue weighted by molar-refractivity contribution is 0.269. The molecular formula is C20H38N2P2. The molecule has 2 nitrogen and oxygen atoms in total. The summed E-state index contributed by atoms with van der Waals surface area (Å²) in [6, 6.07) is 1.81. The summed E-state index contributed by atoms with van der Waals surface area (Å²) in [5.41, 5.74) is 3.95. The maximum atomic E-state index is 3.08. The fourth-order valence-corrected chi connectivity index (χ4v) is 13.7. The summed E-state index contributed by atoms with van der Waals surface area (Å²) in [6.07, 6.45) is 11.9. The first-order valence-electron chi connectivity index (χ1n) is 10.7. The molecule has 4 heteroatoms. The van der Waals surface area contributed by atoms with Crippen LogP contribution in [0.25, 0.3) is 0 Å². The van der Waals surface area contributed by atoms with Crippen LogP contribution < -0.4 is 0 Å². The maximum absolute atomic E-state index is 3.08. The van der Waals surface area contributed by atoms with E-state index < -0.39 is 0 Å². The van der Waals surface area contributed by atoms with E-state index in [0.717, 1.165) is 34.7 Å². The topological polar surface area (TPSA) is 6.48 Å². The molecule has 0 spiro atoms. The Bertz CT molecular complexity index is 385. The summed E-state index contributed by atoms with van der Waals surface area (Å²) in [6.45, 7) is 13.1. The van der Waals surface area contributed by atoms with E-state index in [4.69, 9.17) is 0 Å². The van der Waals surface area contributed by atoms with Crippen LogP contribution in [0.5, 0.6) is 0 Å². The average molecular weight is 368 g/mol. The molecule has 4 fully saturated rings. The lowest BCUT2D eigenvalue weighted by Gasteiger charge is -2.44. The van der Waals surface area contributed by atoms with Gasteiger partial charge in [-0.3, -0.25) is 9.34 Å². The van der Waals surface area contributed by atoms with Crippen molar-refractivity contribution < 1.29 is 0 Å². The van der Waals surface area contributed by atoms with Crippen LogP contribution in [0.1, 0.15) is 79.1 Å². The van der Waals surface area contributed by atoms with Crippen LogP contribution in [0.15, 0.2) is 0 Å². The smallest absolute Gasteiger partial charge is 0.0294 e. The first-order valence-corrected chi connectivity index (χ1v) is 13.5. The van der Waals surface area contributed by atoms with Crippen molar-refractivity contribution in [2.45, 2.75) is 114 Å². The van der Waals surface area contributed by atoms with Gasteiger partial charge in [-0.15, -0.1) is 0 Å². The van der Waals surface area contributed by atoms with Crippen LogP contribution in [0.2, 0.25) is 0 Å². The van der Waals surface area contributed by atoms with Gasteiger partial charge in [0, 0.05) is 25.2 Å². The predicted molar refractivity (Wildman–Crippen MR) is 110 cm³/mol. The van der Waals surface area contributed by atoms with Gasteiger partial charge in [-0.25, -0.2) is 0 Å². The third-order valence-electron chi connectivity index (χ3n) is 7.39. The van der Waals surface area contributed by atoms with Crippen molar-refractivity contribution in [3.63, 3.8) is 0 Å². The molecule has 0 bridgehead atoms. The highest BCUT2D eigenvalue weighted by molar-refractivity contribution is 7.57. The molecule has 4 heterocycles. The van der Waals surface area contributed by atoms with E-state index >= 15 is 0 Å². The fraction of sp³-hybridized carbons (Fsp3) is 1.00. The number of hydrogen-bond acceptors (Lipinski definition) is 2. The van der Waals surface area contributed by atoms with Gasteiger partial charge in [-0.05, 0) is 90.1 Å². The SMILES string of the molecule is C[C@H]1CC[C@H](C)P1N1CCCC1[C@@H]1CCCN1P1[C@@H](C)CC[C@@H]1C. The standard InChI is InChI=1S/C20H38N2P2/c1-15-9-10-16(2)23(15)21-13-5-7-19(21)20-8-6-14-22(20)24-17(3)11-12-18(24)4/h15-20H,5-14H2,1-4H3/t15-,16-,17-,18-,19-,20?/m0/s1. The summed E-state index contributed by atoms with van der Waals surface area (Å²) in [7, 11) is 0.273. The van der Waals surface area contributed by atoms with Crippen LogP contribution >= 0.6 is 16.1 Å². The Morgan fingerprint density at radius 2 is 0.875 bits per heavy atom.